The molecule has 136 valence electrons. The fourth-order valence-electron chi connectivity index (χ4n) is 3.41. The lowest BCUT2D eigenvalue weighted by Gasteiger charge is -2.19. The van der Waals surface area contributed by atoms with Crippen molar-refractivity contribution in [3.63, 3.8) is 0 Å². The largest absolute Gasteiger partial charge is 0.497 e. The molecule has 0 bridgehead atoms. The number of nitrogens with zero attached hydrogens (tertiary/aromatic N) is 1. The van der Waals surface area contributed by atoms with Crippen molar-refractivity contribution >= 4 is 5.96 Å². The third-order valence-corrected chi connectivity index (χ3v) is 4.79. The molecule has 1 heterocycles. The van der Waals surface area contributed by atoms with Gasteiger partial charge in [-0.2, -0.15) is 0 Å². The quantitative estimate of drug-likeness (QED) is 0.718. The second-order valence-corrected chi connectivity index (χ2v) is 6.58. The fourth-order valence-corrected chi connectivity index (χ4v) is 3.41. The first-order valence-electron chi connectivity index (χ1n) is 9.14. The number of rotatable bonds is 5. The number of hydrogen-bond acceptors (Lipinski definition) is 2. The number of hydrogen-bond donors (Lipinski definition) is 2. The van der Waals surface area contributed by atoms with Crippen LogP contribution in [0.5, 0.6) is 5.75 Å². The van der Waals surface area contributed by atoms with Gasteiger partial charge in [-0.15, -0.1) is 0 Å². The van der Waals surface area contributed by atoms with Crippen molar-refractivity contribution in [1.82, 2.24) is 10.6 Å². The summed E-state index contributed by atoms with van der Waals surface area (Å²) in [6.45, 7) is 0.593. The average molecular weight is 357 g/mol. The lowest BCUT2D eigenvalue weighted by molar-refractivity contribution is 0.414. The van der Waals surface area contributed by atoms with Crippen LogP contribution in [0.2, 0.25) is 0 Å². The Hall–Kier alpha value is -3.27. The van der Waals surface area contributed by atoms with E-state index in [2.05, 4.69) is 65.2 Å². The molecular weight excluding hydrogens is 334 g/mol. The van der Waals surface area contributed by atoms with E-state index in [4.69, 9.17) is 9.73 Å². The number of guanidine groups is 1. The van der Waals surface area contributed by atoms with Gasteiger partial charge in [0.1, 0.15) is 5.75 Å². The zero-order chi connectivity index (χ0) is 18.5. The first-order valence-corrected chi connectivity index (χ1v) is 9.14. The van der Waals surface area contributed by atoms with Crippen LogP contribution in [0.1, 0.15) is 28.8 Å². The predicted octanol–water partition coefficient (Wildman–Crippen LogP) is 4.23. The lowest BCUT2D eigenvalue weighted by Crippen LogP contribution is -2.25. The SMILES string of the molecule is COc1cccc(CN=C2N[C@H](c3ccccc3)[C@@H](c3ccccc3)N2)c1. The highest BCUT2D eigenvalue weighted by atomic mass is 16.5. The van der Waals surface area contributed by atoms with Crippen molar-refractivity contribution in [2.45, 2.75) is 18.6 Å². The third-order valence-electron chi connectivity index (χ3n) is 4.79. The zero-order valence-corrected chi connectivity index (χ0v) is 15.3. The molecule has 0 aromatic heterocycles. The minimum Gasteiger partial charge on any atom is -0.497 e. The highest BCUT2D eigenvalue weighted by molar-refractivity contribution is 5.83. The van der Waals surface area contributed by atoms with Gasteiger partial charge in [0.25, 0.3) is 0 Å². The van der Waals surface area contributed by atoms with Crippen LogP contribution in [0.4, 0.5) is 0 Å². The molecule has 0 unspecified atom stereocenters. The van der Waals surface area contributed by atoms with Gasteiger partial charge in [0.05, 0.1) is 25.7 Å². The molecule has 27 heavy (non-hydrogen) atoms. The molecule has 3 aromatic carbocycles. The van der Waals surface area contributed by atoms with E-state index in [0.29, 0.717) is 6.54 Å². The van der Waals surface area contributed by atoms with Crippen LogP contribution in [0.3, 0.4) is 0 Å². The van der Waals surface area contributed by atoms with E-state index < -0.39 is 0 Å². The highest BCUT2D eigenvalue weighted by Crippen LogP contribution is 2.32. The lowest BCUT2D eigenvalue weighted by atomic mass is 9.95. The van der Waals surface area contributed by atoms with Gasteiger partial charge >= 0.3 is 0 Å². The van der Waals surface area contributed by atoms with Crippen molar-refractivity contribution in [3.05, 3.63) is 102 Å². The summed E-state index contributed by atoms with van der Waals surface area (Å²) in [7, 11) is 1.68. The summed E-state index contributed by atoms with van der Waals surface area (Å²) in [5, 5.41) is 7.12. The first-order chi connectivity index (χ1) is 13.3. The van der Waals surface area contributed by atoms with Crippen molar-refractivity contribution in [2.24, 2.45) is 4.99 Å². The Bertz CT molecular complexity index is 860. The summed E-state index contributed by atoms with van der Waals surface area (Å²) in [6.07, 6.45) is 0. The van der Waals surface area contributed by atoms with Crippen molar-refractivity contribution in [3.8, 4) is 5.75 Å². The molecule has 0 saturated carbocycles. The summed E-state index contributed by atoms with van der Waals surface area (Å²) < 4.78 is 5.30. The monoisotopic (exact) mass is 357 g/mol. The average Bonchev–Trinajstić information content (AvgIpc) is 3.18. The topological polar surface area (TPSA) is 45.6 Å². The van der Waals surface area contributed by atoms with Crippen molar-refractivity contribution < 1.29 is 4.74 Å². The Morgan fingerprint density at radius 3 is 1.93 bits per heavy atom. The molecule has 0 aliphatic carbocycles. The Morgan fingerprint density at radius 1 is 0.778 bits per heavy atom. The molecule has 0 radical (unpaired) electrons. The first kappa shape index (κ1) is 17.2. The number of benzene rings is 3. The molecule has 1 fully saturated rings. The van der Waals surface area contributed by atoms with Crippen LogP contribution in [0.25, 0.3) is 0 Å². The smallest absolute Gasteiger partial charge is 0.192 e. The van der Waals surface area contributed by atoms with E-state index in [0.717, 1.165) is 17.3 Å². The van der Waals surface area contributed by atoms with E-state index in [1.54, 1.807) is 7.11 Å². The molecule has 4 nitrogen and oxygen atoms in total. The van der Waals surface area contributed by atoms with Gasteiger partial charge in [0, 0.05) is 0 Å². The standard InChI is InChI=1S/C23H23N3O/c1-27-20-14-8-9-17(15-20)16-24-23-25-21(18-10-4-2-5-11-18)22(26-23)19-12-6-3-7-13-19/h2-15,21-22H,16H2,1H3,(H2,24,25,26)/t21-,22-/m1/s1. The molecular formula is C23H23N3O. The van der Waals surface area contributed by atoms with Crippen LogP contribution in [-0.4, -0.2) is 13.1 Å². The molecule has 4 heteroatoms. The van der Waals surface area contributed by atoms with Gasteiger partial charge in [-0.3, -0.25) is 0 Å². The molecule has 0 spiro atoms. The van der Waals surface area contributed by atoms with Crippen molar-refractivity contribution in [1.29, 1.82) is 0 Å². The second kappa shape index (κ2) is 7.96. The second-order valence-electron chi connectivity index (χ2n) is 6.58. The van der Waals surface area contributed by atoms with Crippen molar-refractivity contribution in [2.75, 3.05) is 7.11 Å². The van der Waals surface area contributed by atoms with Crippen LogP contribution in [0.15, 0.2) is 89.9 Å². The van der Waals surface area contributed by atoms with Gasteiger partial charge in [-0.05, 0) is 28.8 Å². The molecule has 1 aliphatic rings. The Morgan fingerprint density at radius 2 is 1.37 bits per heavy atom. The van der Waals surface area contributed by atoms with Gasteiger partial charge in [-0.1, -0.05) is 72.8 Å². The van der Waals surface area contributed by atoms with Crippen LogP contribution in [-0.2, 0) is 6.54 Å². The summed E-state index contributed by atoms with van der Waals surface area (Å²) in [6, 6.07) is 29.3. The Kier molecular flexibility index (Phi) is 5.06. The summed E-state index contributed by atoms with van der Waals surface area (Å²) >= 11 is 0. The van der Waals surface area contributed by atoms with Crippen LogP contribution >= 0.6 is 0 Å². The summed E-state index contributed by atoms with van der Waals surface area (Å²) in [4.78, 5) is 4.76. The van der Waals surface area contributed by atoms with E-state index in [-0.39, 0.29) is 12.1 Å². The maximum absolute atomic E-state index is 5.30. The Labute approximate surface area is 159 Å². The number of aliphatic imine (C=N–C) groups is 1. The molecule has 2 N–H and O–H groups in total. The summed E-state index contributed by atoms with van der Waals surface area (Å²) in [5.41, 5.74) is 3.60. The number of ether oxygens (including phenoxy) is 1. The van der Waals surface area contributed by atoms with E-state index in [1.165, 1.54) is 11.1 Å². The van der Waals surface area contributed by atoms with Crippen LogP contribution in [0, 0.1) is 0 Å². The van der Waals surface area contributed by atoms with Gasteiger partial charge in [0.15, 0.2) is 5.96 Å². The normalized spacial score (nSPS) is 18.5. The van der Waals surface area contributed by atoms with E-state index in [1.807, 2.05) is 30.3 Å². The summed E-state index contributed by atoms with van der Waals surface area (Å²) in [5.74, 6) is 1.67. The minimum absolute atomic E-state index is 0.137. The highest BCUT2D eigenvalue weighted by Gasteiger charge is 2.32. The fraction of sp³-hybridized carbons (Fsp3) is 0.174. The Balaban J connectivity index is 1.58. The van der Waals surface area contributed by atoms with Crippen LogP contribution < -0.4 is 15.4 Å². The molecule has 1 aliphatic heterocycles. The van der Waals surface area contributed by atoms with E-state index >= 15 is 0 Å². The van der Waals surface area contributed by atoms with E-state index in [9.17, 15) is 0 Å². The van der Waals surface area contributed by atoms with Gasteiger partial charge in [0.2, 0.25) is 0 Å². The predicted molar refractivity (Wildman–Crippen MR) is 109 cm³/mol. The molecule has 3 aromatic rings. The number of methoxy groups -OCH3 is 1. The molecule has 4 rings (SSSR count). The maximum Gasteiger partial charge on any atom is 0.192 e. The minimum atomic E-state index is 0.137. The molecule has 0 amide bonds. The van der Waals surface area contributed by atoms with Gasteiger partial charge in [-0.25, -0.2) is 4.99 Å². The zero-order valence-electron chi connectivity index (χ0n) is 15.3. The molecule has 1 saturated heterocycles. The third kappa shape index (κ3) is 3.95. The maximum atomic E-state index is 5.30. The van der Waals surface area contributed by atoms with Gasteiger partial charge < -0.3 is 15.4 Å². The number of nitrogens with one attached hydrogen (secondary N) is 2. The molecule has 2 atom stereocenters.